The molecular weight excluding hydrogens is 250 g/mol. The molecule has 3 N–H and O–H groups in total. The lowest BCUT2D eigenvalue weighted by molar-refractivity contribution is 0.124. The van der Waals surface area contributed by atoms with Gasteiger partial charge >= 0.3 is 0 Å². The number of aliphatic hydroxyl groups excluding tert-OH is 2. The quantitative estimate of drug-likeness (QED) is 0.671. The predicted octanol–water partition coefficient (Wildman–Crippen LogP) is 2.35. The van der Waals surface area contributed by atoms with Crippen LogP contribution >= 0.6 is 0 Å². The Labute approximate surface area is 122 Å². The summed E-state index contributed by atoms with van der Waals surface area (Å²) >= 11 is 0. The Bertz CT molecular complexity index is 419. The molecule has 0 amide bonds. The smallest absolute Gasteiger partial charge is 0.0942 e. The first-order valence-corrected chi connectivity index (χ1v) is 7.90. The Morgan fingerprint density at radius 2 is 1.95 bits per heavy atom. The van der Waals surface area contributed by atoms with Gasteiger partial charge in [0, 0.05) is 12.6 Å². The monoisotopic (exact) mass is 277 g/mol. The first-order chi connectivity index (χ1) is 9.76. The van der Waals surface area contributed by atoms with Crippen molar-refractivity contribution in [2.24, 2.45) is 0 Å². The van der Waals surface area contributed by atoms with Gasteiger partial charge in [-0.2, -0.15) is 0 Å². The van der Waals surface area contributed by atoms with Gasteiger partial charge in [0.15, 0.2) is 0 Å². The lowest BCUT2D eigenvalue weighted by atomic mass is 9.88. The van der Waals surface area contributed by atoms with Crippen molar-refractivity contribution < 1.29 is 10.2 Å². The van der Waals surface area contributed by atoms with Gasteiger partial charge < -0.3 is 15.5 Å². The largest absolute Gasteiger partial charge is 0.396 e. The second-order valence-electron chi connectivity index (χ2n) is 5.73. The molecule has 0 heterocycles. The summed E-state index contributed by atoms with van der Waals surface area (Å²) in [5.74, 6) is 0. The fraction of sp³-hybridized carbons (Fsp3) is 0.647. The summed E-state index contributed by atoms with van der Waals surface area (Å²) in [6, 6.07) is 6.51. The minimum atomic E-state index is -0.467. The van der Waals surface area contributed by atoms with Crippen LogP contribution in [0.4, 0.5) is 0 Å². The van der Waals surface area contributed by atoms with Gasteiger partial charge in [0.25, 0.3) is 0 Å². The third kappa shape index (κ3) is 3.81. The molecule has 2 atom stereocenters. The van der Waals surface area contributed by atoms with E-state index in [1.54, 1.807) is 0 Å². The van der Waals surface area contributed by atoms with Crippen molar-refractivity contribution in [3.63, 3.8) is 0 Å². The molecule has 0 radical (unpaired) electrons. The molecule has 0 spiro atoms. The highest BCUT2D eigenvalue weighted by Gasteiger charge is 2.20. The summed E-state index contributed by atoms with van der Waals surface area (Å²) < 4.78 is 0. The van der Waals surface area contributed by atoms with E-state index >= 15 is 0 Å². The molecule has 112 valence electrons. The Kier molecular flexibility index (Phi) is 6.02. The van der Waals surface area contributed by atoms with Crippen LogP contribution in [0.2, 0.25) is 0 Å². The maximum atomic E-state index is 10.6. The van der Waals surface area contributed by atoms with Crippen LogP contribution in [0.3, 0.4) is 0 Å². The van der Waals surface area contributed by atoms with E-state index in [2.05, 4.69) is 30.4 Å². The van der Waals surface area contributed by atoms with Crippen molar-refractivity contribution in [3.8, 4) is 0 Å². The van der Waals surface area contributed by atoms with E-state index in [9.17, 15) is 5.11 Å². The molecule has 1 aliphatic carbocycles. The van der Waals surface area contributed by atoms with Crippen LogP contribution in [-0.2, 0) is 12.8 Å². The van der Waals surface area contributed by atoms with Crippen molar-refractivity contribution in [1.82, 2.24) is 5.32 Å². The highest BCUT2D eigenvalue weighted by molar-refractivity contribution is 5.35. The van der Waals surface area contributed by atoms with Crippen molar-refractivity contribution in [1.29, 1.82) is 0 Å². The Morgan fingerprint density at radius 3 is 2.65 bits per heavy atom. The molecule has 2 rings (SSSR count). The van der Waals surface area contributed by atoms with Gasteiger partial charge in [-0.1, -0.05) is 25.1 Å². The minimum Gasteiger partial charge on any atom is -0.396 e. The molecule has 3 nitrogen and oxygen atoms in total. The average Bonchev–Trinajstić information content (AvgIpc) is 2.50. The molecule has 3 heteroatoms. The van der Waals surface area contributed by atoms with E-state index in [-0.39, 0.29) is 12.6 Å². The maximum absolute atomic E-state index is 10.6. The first kappa shape index (κ1) is 15.5. The van der Waals surface area contributed by atoms with Gasteiger partial charge in [0.05, 0.1) is 6.10 Å². The molecule has 0 saturated carbocycles. The Balaban J connectivity index is 2.04. The van der Waals surface area contributed by atoms with Crippen LogP contribution in [0.1, 0.15) is 55.4 Å². The third-order valence-electron chi connectivity index (χ3n) is 4.28. The van der Waals surface area contributed by atoms with Gasteiger partial charge in [-0.05, 0) is 61.8 Å². The Morgan fingerprint density at radius 1 is 1.20 bits per heavy atom. The fourth-order valence-electron chi connectivity index (χ4n) is 3.02. The summed E-state index contributed by atoms with van der Waals surface area (Å²) in [5, 5.41) is 22.7. The standard InChI is InChI=1S/C17H27NO2/c1-2-16(18-10-5-11-19)17(20)15-9-8-13-6-3-4-7-14(13)12-15/h8-9,12,16-20H,2-7,10-11H2,1H3. The van der Waals surface area contributed by atoms with Crippen LogP contribution in [0.15, 0.2) is 18.2 Å². The van der Waals surface area contributed by atoms with Crippen LogP contribution < -0.4 is 5.32 Å². The zero-order valence-corrected chi connectivity index (χ0v) is 12.4. The third-order valence-corrected chi connectivity index (χ3v) is 4.28. The lowest BCUT2D eigenvalue weighted by Gasteiger charge is -2.25. The van der Waals surface area contributed by atoms with Crippen LogP contribution in [0, 0.1) is 0 Å². The number of benzene rings is 1. The van der Waals surface area contributed by atoms with Gasteiger partial charge in [-0.3, -0.25) is 0 Å². The molecule has 1 aromatic rings. The molecule has 0 bridgehead atoms. The van der Waals surface area contributed by atoms with E-state index in [1.807, 2.05) is 0 Å². The zero-order valence-electron chi connectivity index (χ0n) is 12.4. The van der Waals surface area contributed by atoms with Gasteiger partial charge in [-0.15, -0.1) is 0 Å². The highest BCUT2D eigenvalue weighted by Crippen LogP contribution is 2.26. The molecule has 0 aliphatic heterocycles. The van der Waals surface area contributed by atoms with E-state index in [4.69, 9.17) is 5.11 Å². The van der Waals surface area contributed by atoms with Crippen LogP contribution in [-0.4, -0.2) is 29.4 Å². The summed E-state index contributed by atoms with van der Waals surface area (Å²) in [5.41, 5.74) is 3.89. The number of nitrogens with one attached hydrogen (secondary N) is 1. The maximum Gasteiger partial charge on any atom is 0.0942 e. The van der Waals surface area contributed by atoms with Gasteiger partial charge in [0.2, 0.25) is 0 Å². The van der Waals surface area contributed by atoms with E-state index < -0.39 is 6.10 Å². The number of hydrogen-bond acceptors (Lipinski definition) is 3. The number of aliphatic hydroxyl groups is 2. The zero-order chi connectivity index (χ0) is 14.4. The van der Waals surface area contributed by atoms with Crippen molar-refractivity contribution in [3.05, 3.63) is 34.9 Å². The molecule has 0 saturated heterocycles. The fourth-order valence-corrected chi connectivity index (χ4v) is 3.02. The molecule has 2 unspecified atom stereocenters. The van der Waals surface area contributed by atoms with Crippen LogP contribution in [0.5, 0.6) is 0 Å². The number of fused-ring (bicyclic) bond motifs is 1. The van der Waals surface area contributed by atoms with E-state index in [0.29, 0.717) is 0 Å². The topological polar surface area (TPSA) is 52.5 Å². The number of rotatable bonds is 7. The van der Waals surface area contributed by atoms with Crippen LogP contribution in [0.25, 0.3) is 0 Å². The Hall–Kier alpha value is -0.900. The normalized spacial score (nSPS) is 17.6. The molecular formula is C17H27NO2. The van der Waals surface area contributed by atoms with Crippen molar-refractivity contribution in [2.75, 3.05) is 13.2 Å². The summed E-state index contributed by atoms with van der Waals surface area (Å²) in [4.78, 5) is 0. The summed E-state index contributed by atoms with van der Waals surface area (Å²) in [6.45, 7) is 3.02. The molecule has 20 heavy (non-hydrogen) atoms. The summed E-state index contributed by atoms with van der Waals surface area (Å²) in [7, 11) is 0. The highest BCUT2D eigenvalue weighted by atomic mass is 16.3. The van der Waals surface area contributed by atoms with Crippen molar-refractivity contribution in [2.45, 2.75) is 57.6 Å². The molecule has 0 aromatic heterocycles. The molecule has 1 aromatic carbocycles. The predicted molar refractivity (Wildman–Crippen MR) is 81.8 cm³/mol. The molecule has 1 aliphatic rings. The number of aryl methyl sites for hydroxylation is 2. The van der Waals surface area contributed by atoms with Gasteiger partial charge in [0.1, 0.15) is 0 Å². The first-order valence-electron chi connectivity index (χ1n) is 7.90. The SMILES string of the molecule is CCC(NCCCO)C(O)c1ccc2c(c1)CCCC2. The van der Waals surface area contributed by atoms with Crippen molar-refractivity contribution >= 4 is 0 Å². The minimum absolute atomic E-state index is 0.0585. The lowest BCUT2D eigenvalue weighted by Crippen LogP contribution is -2.35. The average molecular weight is 277 g/mol. The summed E-state index contributed by atoms with van der Waals surface area (Å²) in [6.07, 6.45) is 6.01. The van der Waals surface area contributed by atoms with Gasteiger partial charge in [-0.25, -0.2) is 0 Å². The van der Waals surface area contributed by atoms with E-state index in [0.717, 1.165) is 31.4 Å². The second kappa shape index (κ2) is 7.77. The molecule has 0 fully saturated rings. The van der Waals surface area contributed by atoms with E-state index in [1.165, 1.54) is 30.4 Å². The second-order valence-corrected chi connectivity index (χ2v) is 5.73. The number of hydrogen-bond donors (Lipinski definition) is 3.